The zero-order chi connectivity index (χ0) is 20.6. The van der Waals surface area contributed by atoms with Gasteiger partial charge in [0.05, 0.1) is 13.2 Å². The Morgan fingerprint density at radius 3 is 1.38 bits per heavy atom. The molecule has 2 aliphatic rings. The first kappa shape index (κ1) is 24.7. The van der Waals surface area contributed by atoms with Crippen molar-refractivity contribution in [3.8, 4) is 0 Å². The van der Waals surface area contributed by atoms with Crippen molar-refractivity contribution < 1.29 is 4.74 Å². The molecule has 0 radical (unpaired) electrons. The van der Waals surface area contributed by atoms with Crippen molar-refractivity contribution in [2.24, 2.45) is 23.7 Å². The predicted octanol–water partition coefficient (Wildman–Crippen LogP) is 8.89. The van der Waals surface area contributed by atoms with E-state index in [1.165, 1.54) is 103 Å². The van der Waals surface area contributed by atoms with Crippen molar-refractivity contribution in [2.45, 2.75) is 117 Å². The second-order valence-corrected chi connectivity index (χ2v) is 9.95. The summed E-state index contributed by atoms with van der Waals surface area (Å²) in [5.41, 5.74) is 0. The van der Waals surface area contributed by atoms with Crippen LogP contribution in [0.5, 0.6) is 0 Å². The van der Waals surface area contributed by atoms with Crippen molar-refractivity contribution >= 4 is 0 Å². The summed E-state index contributed by atoms with van der Waals surface area (Å²) < 4.78 is 5.82. The summed E-state index contributed by atoms with van der Waals surface area (Å²) >= 11 is 0. The maximum absolute atomic E-state index is 5.82. The number of rotatable bonds is 14. The highest BCUT2D eigenvalue weighted by atomic mass is 16.5. The third-order valence-corrected chi connectivity index (χ3v) is 7.46. The molecule has 0 aromatic carbocycles. The van der Waals surface area contributed by atoms with Crippen LogP contribution in [0, 0.1) is 23.7 Å². The topological polar surface area (TPSA) is 9.23 Å². The van der Waals surface area contributed by atoms with E-state index in [9.17, 15) is 0 Å². The van der Waals surface area contributed by atoms with Crippen molar-refractivity contribution in [3.63, 3.8) is 0 Å². The molecule has 0 aliphatic heterocycles. The van der Waals surface area contributed by atoms with Crippen LogP contribution in [0.1, 0.15) is 117 Å². The van der Waals surface area contributed by atoms with Crippen LogP contribution in [0.15, 0.2) is 24.3 Å². The van der Waals surface area contributed by atoms with Gasteiger partial charge < -0.3 is 4.74 Å². The summed E-state index contributed by atoms with van der Waals surface area (Å²) in [5.74, 6) is 3.64. The van der Waals surface area contributed by atoms with Gasteiger partial charge in [-0.25, -0.2) is 0 Å². The molecule has 0 heterocycles. The van der Waals surface area contributed by atoms with Gasteiger partial charge in [-0.3, -0.25) is 0 Å². The zero-order valence-corrected chi connectivity index (χ0v) is 19.8. The van der Waals surface area contributed by atoms with Gasteiger partial charge in [-0.1, -0.05) is 89.5 Å². The highest BCUT2D eigenvalue weighted by Crippen LogP contribution is 2.33. The molecule has 1 heteroatoms. The molecule has 0 amide bonds. The number of allylic oxidation sites excluding steroid dienone is 2. The van der Waals surface area contributed by atoms with E-state index in [0.717, 1.165) is 36.9 Å². The minimum Gasteiger partial charge on any atom is -0.373 e. The summed E-state index contributed by atoms with van der Waals surface area (Å²) in [6.45, 7) is 6.18. The van der Waals surface area contributed by atoms with Crippen LogP contribution in [0.4, 0.5) is 0 Å². The molecule has 2 saturated carbocycles. The molecule has 29 heavy (non-hydrogen) atoms. The van der Waals surface area contributed by atoms with Crippen molar-refractivity contribution in [1.29, 1.82) is 0 Å². The average Bonchev–Trinajstić information content (AvgIpc) is 2.75. The highest BCUT2D eigenvalue weighted by Gasteiger charge is 2.19. The van der Waals surface area contributed by atoms with Gasteiger partial charge in [0, 0.05) is 0 Å². The Balaban J connectivity index is 1.45. The fourth-order valence-corrected chi connectivity index (χ4v) is 5.40. The lowest BCUT2D eigenvalue weighted by molar-refractivity contribution is 0.192. The fraction of sp³-hybridized carbons (Fsp3) is 0.857. The van der Waals surface area contributed by atoms with E-state index < -0.39 is 0 Å². The minimum atomic E-state index is 0.783. The van der Waals surface area contributed by atoms with Gasteiger partial charge in [-0.05, 0) is 75.0 Å². The lowest BCUT2D eigenvalue weighted by Crippen LogP contribution is -2.13. The highest BCUT2D eigenvalue weighted by molar-refractivity contribution is 4.93. The summed E-state index contributed by atoms with van der Waals surface area (Å²) in [4.78, 5) is 0. The first-order chi connectivity index (χ1) is 14.3. The maximum atomic E-state index is 5.82. The summed E-state index contributed by atoms with van der Waals surface area (Å²) in [5, 5.41) is 0. The SMILES string of the molecule is CCCCC[C@H]1CC[C@H](C=CCOCC=C[C@H]2CC[C@H](CCCCC)CC2)CC1. The molecule has 0 saturated heterocycles. The largest absolute Gasteiger partial charge is 0.373 e. The third-order valence-electron chi connectivity index (χ3n) is 7.46. The lowest BCUT2D eigenvalue weighted by Gasteiger charge is -2.26. The standard InChI is InChI=1S/C28H50O/c1-3-5-7-11-25-15-19-27(20-16-25)13-9-23-29-24-10-14-28-21-17-26(18-22-28)12-8-6-4-2/h9-10,13-14,25-28H,3-8,11-12,15-24H2,1-2H3/t25-,26-,27-,28-. The minimum absolute atomic E-state index is 0.783. The monoisotopic (exact) mass is 402 g/mol. The second-order valence-electron chi connectivity index (χ2n) is 9.95. The molecule has 0 unspecified atom stereocenters. The zero-order valence-electron chi connectivity index (χ0n) is 19.8. The Labute approximate surface area is 182 Å². The molecule has 2 rings (SSSR count). The summed E-state index contributed by atoms with van der Waals surface area (Å²) in [6, 6.07) is 0. The van der Waals surface area contributed by atoms with Crippen LogP contribution >= 0.6 is 0 Å². The number of ether oxygens (including phenoxy) is 1. The lowest BCUT2D eigenvalue weighted by atomic mass is 9.79. The van der Waals surface area contributed by atoms with Crippen molar-refractivity contribution in [3.05, 3.63) is 24.3 Å². The van der Waals surface area contributed by atoms with E-state index in [1.807, 2.05) is 0 Å². The molecule has 2 aliphatic carbocycles. The quantitative estimate of drug-likeness (QED) is 0.208. The predicted molar refractivity (Wildman–Crippen MR) is 128 cm³/mol. The second kappa shape index (κ2) is 16.2. The molecule has 168 valence electrons. The van der Waals surface area contributed by atoms with Crippen LogP contribution in [-0.4, -0.2) is 13.2 Å². The van der Waals surface area contributed by atoms with E-state index in [1.54, 1.807) is 0 Å². The van der Waals surface area contributed by atoms with Crippen LogP contribution in [-0.2, 0) is 4.74 Å². The Morgan fingerprint density at radius 1 is 0.586 bits per heavy atom. The molecule has 0 N–H and O–H groups in total. The van der Waals surface area contributed by atoms with E-state index in [4.69, 9.17) is 4.74 Å². The summed E-state index contributed by atoms with van der Waals surface area (Å²) in [6.07, 6.45) is 32.2. The van der Waals surface area contributed by atoms with Gasteiger partial charge in [-0.2, -0.15) is 0 Å². The number of unbranched alkanes of at least 4 members (excludes halogenated alkanes) is 4. The van der Waals surface area contributed by atoms with Gasteiger partial charge in [0.1, 0.15) is 0 Å². The maximum Gasteiger partial charge on any atom is 0.0651 e. The Morgan fingerprint density at radius 2 is 1.00 bits per heavy atom. The Hall–Kier alpha value is -0.560. The van der Waals surface area contributed by atoms with Gasteiger partial charge in [-0.15, -0.1) is 0 Å². The molecule has 1 nitrogen and oxygen atoms in total. The van der Waals surface area contributed by atoms with Gasteiger partial charge >= 0.3 is 0 Å². The first-order valence-corrected chi connectivity index (χ1v) is 13.2. The van der Waals surface area contributed by atoms with Crippen LogP contribution < -0.4 is 0 Å². The average molecular weight is 403 g/mol. The molecular formula is C28H50O. The molecular weight excluding hydrogens is 352 g/mol. The molecule has 0 aromatic rings. The van der Waals surface area contributed by atoms with E-state index in [0.29, 0.717) is 0 Å². The van der Waals surface area contributed by atoms with Crippen LogP contribution in [0.25, 0.3) is 0 Å². The van der Waals surface area contributed by atoms with Crippen LogP contribution in [0.3, 0.4) is 0 Å². The molecule has 2 fully saturated rings. The Kier molecular flexibility index (Phi) is 13.8. The smallest absolute Gasteiger partial charge is 0.0651 e. The molecule has 0 atom stereocenters. The van der Waals surface area contributed by atoms with E-state index >= 15 is 0 Å². The van der Waals surface area contributed by atoms with Gasteiger partial charge in [0.15, 0.2) is 0 Å². The number of hydrogen-bond donors (Lipinski definition) is 0. The molecule has 0 spiro atoms. The fourth-order valence-electron chi connectivity index (χ4n) is 5.40. The van der Waals surface area contributed by atoms with Crippen molar-refractivity contribution in [2.75, 3.05) is 13.2 Å². The molecule has 0 aromatic heterocycles. The van der Waals surface area contributed by atoms with Crippen molar-refractivity contribution in [1.82, 2.24) is 0 Å². The summed E-state index contributed by atoms with van der Waals surface area (Å²) in [7, 11) is 0. The molecule has 0 bridgehead atoms. The van der Waals surface area contributed by atoms with Crippen LogP contribution in [0.2, 0.25) is 0 Å². The van der Waals surface area contributed by atoms with Gasteiger partial charge in [0.2, 0.25) is 0 Å². The van der Waals surface area contributed by atoms with Gasteiger partial charge in [0.25, 0.3) is 0 Å². The number of hydrogen-bond acceptors (Lipinski definition) is 1. The Bertz CT molecular complexity index is 382. The van der Waals surface area contributed by atoms with E-state index in [-0.39, 0.29) is 0 Å². The first-order valence-electron chi connectivity index (χ1n) is 13.2. The third kappa shape index (κ3) is 11.4. The van der Waals surface area contributed by atoms with E-state index in [2.05, 4.69) is 38.2 Å². The normalized spacial score (nSPS) is 28.5.